The molecule has 172 valence electrons. The van der Waals surface area contributed by atoms with E-state index in [-0.39, 0.29) is 6.04 Å². The summed E-state index contributed by atoms with van der Waals surface area (Å²) in [7, 11) is 0. The van der Waals surface area contributed by atoms with Gasteiger partial charge >= 0.3 is 0 Å². The summed E-state index contributed by atoms with van der Waals surface area (Å²) in [6.45, 7) is 4.15. The third-order valence-corrected chi connectivity index (χ3v) is 6.90. The van der Waals surface area contributed by atoms with Crippen LogP contribution in [0.2, 0.25) is 0 Å². The number of H-pyrrole nitrogens is 1. The van der Waals surface area contributed by atoms with E-state index in [0.717, 1.165) is 47.8 Å². The van der Waals surface area contributed by atoms with Gasteiger partial charge in [0, 0.05) is 28.8 Å². The van der Waals surface area contributed by atoms with Gasteiger partial charge in [-0.25, -0.2) is 4.99 Å². The van der Waals surface area contributed by atoms with E-state index in [1.807, 2.05) is 35.4 Å². The van der Waals surface area contributed by atoms with Gasteiger partial charge in [-0.05, 0) is 111 Å². The van der Waals surface area contributed by atoms with Crippen LogP contribution < -0.4 is 21.3 Å². The molecule has 5 rings (SSSR count). The molecule has 1 aliphatic heterocycles. The van der Waals surface area contributed by atoms with Gasteiger partial charge in [0.1, 0.15) is 5.49 Å². The quantitative estimate of drug-likeness (QED) is 0.545. The predicted molar refractivity (Wildman–Crippen MR) is 134 cm³/mol. The Hall–Kier alpha value is -2.89. The second-order valence-electron chi connectivity index (χ2n) is 9.68. The number of hydrogen-bond acceptors (Lipinski definition) is 4. The molecule has 5 nitrogen and oxygen atoms in total. The maximum atomic E-state index is 10.7. The Morgan fingerprint density at radius 2 is 1.94 bits per heavy atom. The standard InChI is InChI=1S/C28H34N4O/c1-18-10-12-24(13-11-18)32-17-23-16-26(30-27(23)31-28(32)33)22-14-20-7-3-4-9-25(20)21(15-22)8-5-6-19(2)29/h10-17,19,28,33H,3-9,29H2,1-2H3,(H,30,31)/t19-,28?/m0/s1. The number of rotatable bonds is 6. The summed E-state index contributed by atoms with van der Waals surface area (Å²) in [6.07, 6.45) is 9.18. The third-order valence-electron chi connectivity index (χ3n) is 6.90. The average molecular weight is 443 g/mol. The fourth-order valence-electron chi connectivity index (χ4n) is 5.09. The van der Waals surface area contributed by atoms with Crippen molar-refractivity contribution in [2.45, 2.75) is 71.2 Å². The number of aromatic nitrogens is 1. The number of fused-ring (bicyclic) bond motifs is 2. The molecule has 4 N–H and O–H groups in total. The minimum atomic E-state index is -0.941. The molecule has 2 atom stereocenters. The molecule has 0 amide bonds. The highest BCUT2D eigenvalue weighted by molar-refractivity contribution is 5.66. The van der Waals surface area contributed by atoms with E-state index < -0.39 is 6.35 Å². The summed E-state index contributed by atoms with van der Waals surface area (Å²) < 4.78 is 0. The topological polar surface area (TPSA) is 77.6 Å². The second kappa shape index (κ2) is 9.16. The van der Waals surface area contributed by atoms with E-state index >= 15 is 0 Å². The van der Waals surface area contributed by atoms with Crippen molar-refractivity contribution in [1.82, 2.24) is 4.98 Å². The zero-order valence-electron chi connectivity index (χ0n) is 19.6. The van der Waals surface area contributed by atoms with E-state index in [0.29, 0.717) is 0 Å². The van der Waals surface area contributed by atoms with E-state index in [1.165, 1.54) is 41.5 Å². The molecule has 2 aromatic carbocycles. The summed E-state index contributed by atoms with van der Waals surface area (Å²) in [6, 6.07) is 15.2. The monoisotopic (exact) mass is 442 g/mol. The second-order valence-corrected chi connectivity index (χ2v) is 9.68. The number of aryl methyl sites for hydroxylation is 3. The van der Waals surface area contributed by atoms with Gasteiger partial charge in [-0.15, -0.1) is 0 Å². The molecule has 0 fully saturated rings. The van der Waals surface area contributed by atoms with Crippen LogP contribution in [-0.4, -0.2) is 22.5 Å². The third kappa shape index (κ3) is 4.61. The Kier molecular flexibility index (Phi) is 6.09. The molecule has 1 aliphatic carbocycles. The maximum Gasteiger partial charge on any atom is 0.231 e. The number of nitrogens with two attached hydrogens (primary N) is 1. The molecule has 1 unspecified atom stereocenters. The molecule has 33 heavy (non-hydrogen) atoms. The zero-order chi connectivity index (χ0) is 22.9. The van der Waals surface area contributed by atoms with Crippen LogP contribution in [0.3, 0.4) is 0 Å². The smallest absolute Gasteiger partial charge is 0.231 e. The first-order valence-electron chi connectivity index (χ1n) is 12.2. The SMILES string of the molecule is Cc1ccc(N2C=c3cc(-c4cc5c(c(CCC[C@H](C)N)c4)CCCC5)[nH]c3=NC2O)cc1. The summed E-state index contributed by atoms with van der Waals surface area (Å²) in [5.41, 5.74) is 15.6. The van der Waals surface area contributed by atoms with Crippen molar-refractivity contribution in [3.63, 3.8) is 0 Å². The molecule has 2 aliphatic rings. The van der Waals surface area contributed by atoms with Crippen molar-refractivity contribution >= 4 is 11.9 Å². The normalized spacial score (nSPS) is 18.2. The lowest BCUT2D eigenvalue weighted by Gasteiger charge is -2.25. The van der Waals surface area contributed by atoms with Gasteiger partial charge in [-0.2, -0.15) is 0 Å². The molecule has 0 spiro atoms. The van der Waals surface area contributed by atoms with Gasteiger partial charge in [0.05, 0.1) is 0 Å². The molecule has 0 radical (unpaired) electrons. The molecule has 0 saturated carbocycles. The average Bonchev–Trinajstić information content (AvgIpc) is 3.21. The molecule has 5 heteroatoms. The van der Waals surface area contributed by atoms with Crippen molar-refractivity contribution < 1.29 is 5.11 Å². The zero-order valence-corrected chi connectivity index (χ0v) is 19.6. The van der Waals surface area contributed by atoms with Crippen molar-refractivity contribution in [2.75, 3.05) is 4.90 Å². The van der Waals surface area contributed by atoms with E-state index in [4.69, 9.17) is 5.73 Å². The summed E-state index contributed by atoms with van der Waals surface area (Å²) in [5, 5.41) is 11.7. The fraction of sp³-hybridized carbons (Fsp3) is 0.393. The van der Waals surface area contributed by atoms with Crippen molar-refractivity contribution in [3.8, 4) is 11.3 Å². The van der Waals surface area contributed by atoms with Crippen LogP contribution in [-0.2, 0) is 19.3 Å². The molecule has 2 heterocycles. The number of aliphatic hydroxyl groups excluding tert-OH is 1. The number of benzene rings is 2. The Bertz CT molecular complexity index is 1260. The van der Waals surface area contributed by atoms with Crippen LogP contribution in [0.5, 0.6) is 0 Å². The minimum absolute atomic E-state index is 0.249. The van der Waals surface area contributed by atoms with Crippen molar-refractivity contribution in [3.05, 3.63) is 75.4 Å². The minimum Gasteiger partial charge on any atom is -0.355 e. The van der Waals surface area contributed by atoms with Gasteiger partial charge < -0.3 is 20.7 Å². The highest BCUT2D eigenvalue weighted by Gasteiger charge is 2.19. The maximum absolute atomic E-state index is 10.7. The van der Waals surface area contributed by atoms with Crippen LogP contribution in [0.25, 0.3) is 17.5 Å². The van der Waals surface area contributed by atoms with Crippen LogP contribution in [0.1, 0.15) is 54.9 Å². The first-order valence-corrected chi connectivity index (χ1v) is 12.2. The van der Waals surface area contributed by atoms with Crippen LogP contribution in [0.4, 0.5) is 5.69 Å². The summed E-state index contributed by atoms with van der Waals surface area (Å²) >= 11 is 0. The van der Waals surface area contributed by atoms with E-state index in [2.05, 4.69) is 42.0 Å². The number of nitrogens with one attached hydrogen (secondary N) is 1. The highest BCUT2D eigenvalue weighted by Crippen LogP contribution is 2.31. The molecule has 0 bridgehead atoms. The van der Waals surface area contributed by atoms with Gasteiger partial charge in [0.2, 0.25) is 6.35 Å². The van der Waals surface area contributed by atoms with Gasteiger partial charge in [-0.1, -0.05) is 17.7 Å². The lowest BCUT2D eigenvalue weighted by atomic mass is 9.84. The van der Waals surface area contributed by atoms with E-state index in [1.54, 1.807) is 5.56 Å². The number of hydrogen-bond donors (Lipinski definition) is 3. The largest absolute Gasteiger partial charge is 0.355 e. The Balaban J connectivity index is 1.51. The predicted octanol–water partition coefficient (Wildman–Crippen LogP) is 3.69. The van der Waals surface area contributed by atoms with Gasteiger partial charge in [0.15, 0.2) is 0 Å². The number of nitrogens with zero attached hydrogens (tertiary/aromatic N) is 2. The number of aliphatic hydroxyl groups is 1. The lowest BCUT2D eigenvalue weighted by molar-refractivity contribution is 0.186. The van der Waals surface area contributed by atoms with Crippen molar-refractivity contribution in [2.24, 2.45) is 10.7 Å². The number of anilines is 1. The van der Waals surface area contributed by atoms with E-state index in [9.17, 15) is 5.11 Å². The molecule has 3 aromatic rings. The lowest BCUT2D eigenvalue weighted by Crippen LogP contribution is -2.41. The van der Waals surface area contributed by atoms with Crippen molar-refractivity contribution in [1.29, 1.82) is 0 Å². The molecule has 0 saturated heterocycles. The Morgan fingerprint density at radius 3 is 2.73 bits per heavy atom. The summed E-state index contributed by atoms with van der Waals surface area (Å²) in [4.78, 5) is 9.81. The Morgan fingerprint density at radius 1 is 1.15 bits per heavy atom. The first kappa shape index (κ1) is 21.9. The molecular weight excluding hydrogens is 408 g/mol. The first-order chi connectivity index (χ1) is 16.0. The van der Waals surface area contributed by atoms with Crippen LogP contribution >= 0.6 is 0 Å². The summed E-state index contributed by atoms with van der Waals surface area (Å²) in [5.74, 6) is 0. The van der Waals surface area contributed by atoms with Crippen LogP contribution in [0.15, 0.2) is 47.5 Å². The molecular formula is C28H34N4O. The van der Waals surface area contributed by atoms with Crippen LogP contribution in [0, 0.1) is 6.92 Å². The fourth-order valence-corrected chi connectivity index (χ4v) is 5.09. The highest BCUT2D eigenvalue weighted by atomic mass is 16.3. The van der Waals surface area contributed by atoms with Gasteiger partial charge in [0.25, 0.3) is 0 Å². The molecule has 1 aromatic heterocycles. The Labute approximate surface area is 195 Å². The van der Waals surface area contributed by atoms with Gasteiger partial charge in [-0.3, -0.25) is 0 Å². The number of aromatic amines is 1.